The molecule has 0 saturated carbocycles. The molecule has 33 heavy (non-hydrogen) atoms. The summed E-state index contributed by atoms with van der Waals surface area (Å²) in [5.41, 5.74) is 2.48. The SMILES string of the molecule is NS(=O)(=O)c1ccc(COc2c(-c3ccc4c(c3)COC4=O)ccc(OC(F)F)c2O)cc1. The Bertz CT molecular complexity index is 1330. The predicted octanol–water partition coefficient (Wildman–Crippen LogP) is 3.56. The molecule has 0 radical (unpaired) electrons. The molecule has 0 saturated heterocycles. The first-order valence-corrected chi connectivity index (χ1v) is 11.0. The van der Waals surface area contributed by atoms with Crippen molar-refractivity contribution in [3.63, 3.8) is 0 Å². The third kappa shape index (κ3) is 4.73. The van der Waals surface area contributed by atoms with Crippen LogP contribution in [0.15, 0.2) is 59.5 Å². The van der Waals surface area contributed by atoms with Crippen LogP contribution >= 0.6 is 0 Å². The van der Waals surface area contributed by atoms with Gasteiger partial charge in [0.2, 0.25) is 15.8 Å². The number of alkyl halides is 2. The van der Waals surface area contributed by atoms with E-state index in [1.165, 1.54) is 36.4 Å². The maximum atomic E-state index is 12.7. The quantitative estimate of drug-likeness (QED) is 0.499. The molecule has 0 amide bonds. The molecule has 4 rings (SSSR count). The second-order valence-electron chi connectivity index (χ2n) is 7.09. The number of aromatic hydroxyl groups is 1. The van der Waals surface area contributed by atoms with Gasteiger partial charge in [0, 0.05) is 11.1 Å². The molecule has 172 valence electrons. The number of hydrogen-bond donors (Lipinski definition) is 2. The maximum Gasteiger partial charge on any atom is 0.387 e. The maximum absolute atomic E-state index is 12.7. The zero-order chi connectivity index (χ0) is 23.8. The fraction of sp³-hybridized carbons (Fsp3) is 0.136. The number of primary sulfonamides is 1. The lowest BCUT2D eigenvalue weighted by molar-refractivity contribution is -0.0514. The lowest BCUT2D eigenvalue weighted by atomic mass is 9.99. The lowest BCUT2D eigenvalue weighted by Gasteiger charge is -2.17. The van der Waals surface area contributed by atoms with Crippen molar-refractivity contribution in [3.05, 3.63) is 71.3 Å². The number of benzene rings is 3. The van der Waals surface area contributed by atoms with Crippen molar-refractivity contribution in [2.45, 2.75) is 24.7 Å². The topological polar surface area (TPSA) is 125 Å². The predicted molar refractivity (Wildman–Crippen MR) is 111 cm³/mol. The van der Waals surface area contributed by atoms with Crippen LogP contribution in [0.2, 0.25) is 0 Å². The first-order chi connectivity index (χ1) is 15.6. The number of halogens is 2. The fourth-order valence-electron chi connectivity index (χ4n) is 3.35. The fourth-order valence-corrected chi connectivity index (χ4v) is 3.86. The molecule has 0 aliphatic carbocycles. The van der Waals surface area contributed by atoms with E-state index >= 15 is 0 Å². The number of cyclic esters (lactones) is 1. The van der Waals surface area contributed by atoms with Crippen molar-refractivity contribution in [2.24, 2.45) is 5.14 Å². The van der Waals surface area contributed by atoms with Crippen LogP contribution in [-0.4, -0.2) is 26.1 Å². The second kappa shape index (κ2) is 8.68. The number of fused-ring (bicyclic) bond motifs is 1. The molecule has 0 unspecified atom stereocenters. The summed E-state index contributed by atoms with van der Waals surface area (Å²) < 4.78 is 63.4. The van der Waals surface area contributed by atoms with Gasteiger partial charge in [0.25, 0.3) is 0 Å². The van der Waals surface area contributed by atoms with Gasteiger partial charge >= 0.3 is 12.6 Å². The number of sulfonamides is 1. The van der Waals surface area contributed by atoms with Gasteiger partial charge in [-0.2, -0.15) is 8.78 Å². The first-order valence-electron chi connectivity index (χ1n) is 9.49. The minimum Gasteiger partial charge on any atom is -0.502 e. The second-order valence-corrected chi connectivity index (χ2v) is 8.65. The normalized spacial score (nSPS) is 13.0. The number of ether oxygens (including phenoxy) is 3. The van der Waals surface area contributed by atoms with E-state index in [2.05, 4.69) is 4.74 Å². The van der Waals surface area contributed by atoms with Crippen LogP contribution < -0.4 is 14.6 Å². The van der Waals surface area contributed by atoms with Crippen molar-refractivity contribution >= 4 is 16.0 Å². The van der Waals surface area contributed by atoms with Gasteiger partial charge < -0.3 is 19.3 Å². The summed E-state index contributed by atoms with van der Waals surface area (Å²) >= 11 is 0. The zero-order valence-electron chi connectivity index (χ0n) is 16.8. The molecule has 1 aliphatic heterocycles. The summed E-state index contributed by atoms with van der Waals surface area (Å²) in [7, 11) is -3.86. The van der Waals surface area contributed by atoms with Crippen molar-refractivity contribution in [3.8, 4) is 28.4 Å². The highest BCUT2D eigenvalue weighted by Gasteiger charge is 2.24. The summed E-state index contributed by atoms with van der Waals surface area (Å²) in [4.78, 5) is 11.6. The van der Waals surface area contributed by atoms with E-state index in [1.54, 1.807) is 18.2 Å². The number of carbonyl (C=O) groups is 1. The van der Waals surface area contributed by atoms with Gasteiger partial charge in [-0.15, -0.1) is 0 Å². The Kier molecular flexibility index (Phi) is 5.91. The summed E-state index contributed by atoms with van der Waals surface area (Å²) in [6.07, 6.45) is 0. The Morgan fingerprint density at radius 1 is 1.06 bits per heavy atom. The van der Waals surface area contributed by atoms with Crippen LogP contribution in [0.1, 0.15) is 21.5 Å². The molecular weight excluding hydrogens is 460 g/mol. The summed E-state index contributed by atoms with van der Waals surface area (Å²) in [6, 6.07) is 13.0. The molecular formula is C22H17F2NO7S. The molecule has 3 aromatic carbocycles. The van der Waals surface area contributed by atoms with Crippen LogP contribution in [-0.2, 0) is 28.0 Å². The van der Waals surface area contributed by atoms with Crippen LogP contribution in [0.5, 0.6) is 17.2 Å². The van der Waals surface area contributed by atoms with E-state index in [-0.39, 0.29) is 23.9 Å². The Labute approximate surface area is 187 Å². The Morgan fingerprint density at radius 2 is 1.76 bits per heavy atom. The molecule has 11 heteroatoms. The van der Waals surface area contributed by atoms with Gasteiger partial charge in [-0.3, -0.25) is 0 Å². The van der Waals surface area contributed by atoms with Gasteiger partial charge in [0.1, 0.15) is 13.2 Å². The summed E-state index contributed by atoms with van der Waals surface area (Å²) in [5, 5.41) is 15.7. The number of phenols is 1. The average Bonchev–Trinajstić information content (AvgIpc) is 3.13. The number of carbonyl (C=O) groups excluding carboxylic acids is 1. The zero-order valence-corrected chi connectivity index (χ0v) is 17.6. The van der Waals surface area contributed by atoms with Gasteiger partial charge in [0.05, 0.1) is 10.5 Å². The monoisotopic (exact) mass is 477 g/mol. The number of nitrogens with two attached hydrogens (primary N) is 1. The molecule has 8 nitrogen and oxygen atoms in total. The van der Waals surface area contributed by atoms with Crippen LogP contribution in [0.3, 0.4) is 0 Å². The highest BCUT2D eigenvalue weighted by atomic mass is 32.2. The average molecular weight is 477 g/mol. The van der Waals surface area contributed by atoms with Gasteiger partial charge in [-0.25, -0.2) is 18.4 Å². The third-order valence-electron chi connectivity index (χ3n) is 4.94. The van der Waals surface area contributed by atoms with Crippen LogP contribution in [0.25, 0.3) is 11.1 Å². The number of esters is 1. The van der Waals surface area contributed by atoms with Crippen LogP contribution in [0, 0.1) is 0 Å². The number of rotatable bonds is 7. The molecule has 1 heterocycles. The molecule has 3 N–H and O–H groups in total. The number of phenolic OH excluding ortho intramolecular Hbond substituents is 1. The van der Waals surface area contributed by atoms with Gasteiger partial charge in [0.15, 0.2) is 11.5 Å². The minimum atomic E-state index is -3.86. The molecule has 0 aromatic heterocycles. The summed E-state index contributed by atoms with van der Waals surface area (Å²) in [6.45, 7) is -3.20. The Hall–Kier alpha value is -3.70. The Morgan fingerprint density at radius 3 is 2.42 bits per heavy atom. The molecule has 0 fully saturated rings. The van der Waals surface area contributed by atoms with E-state index in [0.29, 0.717) is 27.8 Å². The van der Waals surface area contributed by atoms with E-state index in [4.69, 9.17) is 14.6 Å². The number of hydrogen-bond acceptors (Lipinski definition) is 7. The molecule has 1 aliphatic rings. The van der Waals surface area contributed by atoms with Crippen molar-refractivity contribution in [1.82, 2.24) is 0 Å². The molecule has 3 aromatic rings. The smallest absolute Gasteiger partial charge is 0.387 e. The molecule has 0 atom stereocenters. The van der Waals surface area contributed by atoms with E-state index in [1.807, 2.05) is 0 Å². The van der Waals surface area contributed by atoms with Crippen LogP contribution in [0.4, 0.5) is 8.78 Å². The van der Waals surface area contributed by atoms with E-state index in [9.17, 15) is 27.1 Å². The highest BCUT2D eigenvalue weighted by molar-refractivity contribution is 7.89. The standard InChI is InChI=1S/C22H17F2NO7S/c23-22(24)32-18-8-7-16(13-3-6-17-14(9-13)11-31-21(17)27)20(19(18)26)30-10-12-1-4-15(5-2-12)33(25,28)29/h1-9,22,26H,10-11H2,(H2,25,28,29). The Balaban J connectivity index is 1.69. The minimum absolute atomic E-state index is 0.0861. The van der Waals surface area contributed by atoms with Gasteiger partial charge in [-0.05, 0) is 47.5 Å². The van der Waals surface area contributed by atoms with Crippen molar-refractivity contribution in [2.75, 3.05) is 0 Å². The highest BCUT2D eigenvalue weighted by Crippen LogP contribution is 2.45. The molecule has 0 spiro atoms. The molecule has 0 bridgehead atoms. The van der Waals surface area contributed by atoms with E-state index < -0.39 is 34.1 Å². The first kappa shape index (κ1) is 22.5. The van der Waals surface area contributed by atoms with Crippen molar-refractivity contribution < 1.29 is 41.3 Å². The van der Waals surface area contributed by atoms with Crippen molar-refractivity contribution in [1.29, 1.82) is 0 Å². The van der Waals surface area contributed by atoms with E-state index in [0.717, 1.165) is 0 Å². The lowest BCUT2D eigenvalue weighted by Crippen LogP contribution is -2.12. The van der Waals surface area contributed by atoms with Gasteiger partial charge in [-0.1, -0.05) is 18.2 Å². The largest absolute Gasteiger partial charge is 0.502 e. The summed E-state index contributed by atoms with van der Waals surface area (Å²) in [5.74, 6) is -1.69. The third-order valence-corrected chi connectivity index (χ3v) is 5.87.